The molecule has 9 heteroatoms. The number of nitrogens with zero attached hydrogens (tertiary/aromatic N) is 1. The number of allylic oxidation sites excluding steroid dienone is 1. The van der Waals surface area contributed by atoms with Gasteiger partial charge in [-0.15, -0.1) is 0 Å². The summed E-state index contributed by atoms with van der Waals surface area (Å²) in [5.74, 6) is -0.188. The van der Waals surface area contributed by atoms with Gasteiger partial charge in [-0.3, -0.25) is 9.36 Å². The van der Waals surface area contributed by atoms with Gasteiger partial charge in [0.1, 0.15) is 13.2 Å². The van der Waals surface area contributed by atoms with Crippen LogP contribution in [0.15, 0.2) is 12.2 Å². The van der Waals surface area contributed by atoms with Gasteiger partial charge < -0.3 is 28.8 Å². The molecule has 0 rings (SSSR count). The molecule has 0 radical (unpaired) electrons. The quantitative estimate of drug-likeness (QED) is 0.0272. The van der Waals surface area contributed by atoms with E-state index in [-0.39, 0.29) is 19.1 Å². The van der Waals surface area contributed by atoms with Crippen molar-refractivity contribution in [2.24, 2.45) is 0 Å². The SMILES string of the molecule is CCCCCCCCCCCCCCCCCC/C=C/C(O)C(COP(=O)([O-])OCC[N+](C)(C)C)NC(=O)CCCCCCCCCCCCCCCCCCCCCCCCCCCCCCCCCCCCCC. The number of amides is 1. The number of carbonyl (C=O) groups is 1. The fraction of sp³-hybridized carbons (Fsp3) is 0.955. The molecule has 0 fully saturated rings. The number of carbonyl (C=O) groups excluding carboxylic acids is 1. The van der Waals surface area contributed by atoms with Gasteiger partial charge in [-0.1, -0.05) is 347 Å². The predicted octanol–water partition coefficient (Wildman–Crippen LogP) is 20.7. The van der Waals surface area contributed by atoms with Crippen LogP contribution in [0.5, 0.6) is 0 Å². The second-order valence-corrected chi connectivity index (χ2v) is 26.3. The molecule has 1 amide bonds. The Labute approximate surface area is 475 Å². The average Bonchev–Trinajstić information content (AvgIpc) is 3.38. The maximum absolute atomic E-state index is 13.0. The maximum Gasteiger partial charge on any atom is 0.268 e. The molecule has 0 aliphatic rings. The third-order valence-corrected chi connectivity index (χ3v) is 17.0. The Balaban J connectivity index is 3.93. The van der Waals surface area contributed by atoms with E-state index in [0.717, 1.165) is 38.5 Å². The third kappa shape index (κ3) is 60.9. The highest BCUT2D eigenvalue weighted by Gasteiger charge is 2.23. The van der Waals surface area contributed by atoms with Gasteiger partial charge in [-0.2, -0.15) is 0 Å². The number of aliphatic hydroxyl groups is 1. The van der Waals surface area contributed by atoms with Crippen molar-refractivity contribution in [3.8, 4) is 0 Å². The summed E-state index contributed by atoms with van der Waals surface area (Å²) in [5, 5.41) is 13.9. The van der Waals surface area contributed by atoms with Crippen LogP contribution in [0.2, 0.25) is 0 Å². The van der Waals surface area contributed by atoms with Crippen LogP contribution in [-0.4, -0.2) is 68.5 Å². The van der Waals surface area contributed by atoms with Crippen LogP contribution >= 0.6 is 7.82 Å². The lowest BCUT2D eigenvalue weighted by Crippen LogP contribution is -2.45. The molecule has 3 unspecified atom stereocenters. The van der Waals surface area contributed by atoms with Crippen LogP contribution in [0.3, 0.4) is 0 Å². The summed E-state index contributed by atoms with van der Waals surface area (Å²) in [6.07, 6.45) is 74.8. The number of phosphoric acid groups is 1. The van der Waals surface area contributed by atoms with E-state index in [0.29, 0.717) is 17.4 Å². The number of unbranched alkanes of at least 4 members (excludes halogenated alkanes) is 51. The summed E-state index contributed by atoms with van der Waals surface area (Å²) < 4.78 is 23.4. The second kappa shape index (κ2) is 58.9. The van der Waals surface area contributed by atoms with Crippen molar-refractivity contribution >= 4 is 13.7 Å². The van der Waals surface area contributed by atoms with Gasteiger partial charge in [-0.05, 0) is 19.3 Å². The molecule has 0 bridgehead atoms. The topological polar surface area (TPSA) is 108 Å². The summed E-state index contributed by atoms with van der Waals surface area (Å²) in [5.41, 5.74) is 0. The van der Waals surface area contributed by atoms with Crippen molar-refractivity contribution in [2.45, 2.75) is 373 Å². The van der Waals surface area contributed by atoms with E-state index in [1.54, 1.807) is 6.08 Å². The Bertz CT molecular complexity index is 1240. The van der Waals surface area contributed by atoms with Crippen molar-refractivity contribution in [3.63, 3.8) is 0 Å². The molecule has 0 aliphatic carbocycles. The van der Waals surface area contributed by atoms with Crippen LogP contribution in [0.25, 0.3) is 0 Å². The highest BCUT2D eigenvalue weighted by Crippen LogP contribution is 2.38. The van der Waals surface area contributed by atoms with Crippen molar-refractivity contribution in [2.75, 3.05) is 40.9 Å². The number of aliphatic hydroxyl groups excluding tert-OH is 1. The first-order valence-corrected chi connectivity index (χ1v) is 35.5. The zero-order valence-electron chi connectivity index (χ0n) is 52.0. The number of phosphoric ester groups is 1. The number of nitrogens with one attached hydrogen (secondary N) is 1. The first-order valence-electron chi connectivity index (χ1n) is 34.1. The number of quaternary nitrogens is 1. The molecule has 0 heterocycles. The smallest absolute Gasteiger partial charge is 0.268 e. The van der Waals surface area contributed by atoms with E-state index in [9.17, 15) is 19.4 Å². The molecular formula is C67H135N2O6P. The maximum atomic E-state index is 13.0. The summed E-state index contributed by atoms with van der Waals surface area (Å²) in [4.78, 5) is 25.6. The van der Waals surface area contributed by atoms with E-state index < -0.39 is 20.0 Å². The lowest BCUT2D eigenvalue weighted by atomic mass is 10.0. The Kier molecular flexibility index (Phi) is 58.3. The van der Waals surface area contributed by atoms with E-state index in [1.165, 1.54) is 302 Å². The molecule has 3 atom stereocenters. The van der Waals surface area contributed by atoms with Gasteiger partial charge in [0.15, 0.2) is 0 Å². The molecule has 0 aliphatic heterocycles. The van der Waals surface area contributed by atoms with Crippen LogP contribution in [-0.2, 0) is 18.4 Å². The molecule has 0 aromatic rings. The normalized spacial score (nSPS) is 13.7. The lowest BCUT2D eigenvalue weighted by Gasteiger charge is -2.29. The van der Waals surface area contributed by atoms with Gasteiger partial charge >= 0.3 is 0 Å². The first-order chi connectivity index (χ1) is 37.0. The van der Waals surface area contributed by atoms with Crippen molar-refractivity contribution in [1.82, 2.24) is 5.32 Å². The van der Waals surface area contributed by atoms with E-state index in [4.69, 9.17) is 9.05 Å². The van der Waals surface area contributed by atoms with E-state index >= 15 is 0 Å². The number of rotatable bonds is 64. The second-order valence-electron chi connectivity index (χ2n) is 24.9. The van der Waals surface area contributed by atoms with Crippen LogP contribution in [0.4, 0.5) is 0 Å². The van der Waals surface area contributed by atoms with Gasteiger partial charge in [-0.25, -0.2) is 0 Å². The highest BCUT2D eigenvalue weighted by molar-refractivity contribution is 7.45. The lowest BCUT2D eigenvalue weighted by molar-refractivity contribution is -0.870. The van der Waals surface area contributed by atoms with Crippen molar-refractivity contribution < 1.29 is 32.9 Å². The summed E-state index contributed by atoms with van der Waals surface area (Å²) in [6, 6.07) is -0.883. The number of likely N-dealkylation sites (N-methyl/N-ethyl adjacent to an activating group) is 1. The summed E-state index contributed by atoms with van der Waals surface area (Å²) in [6.45, 7) is 4.71. The largest absolute Gasteiger partial charge is 0.756 e. The van der Waals surface area contributed by atoms with Gasteiger partial charge in [0, 0.05) is 6.42 Å². The van der Waals surface area contributed by atoms with Crippen molar-refractivity contribution in [3.05, 3.63) is 12.2 Å². The van der Waals surface area contributed by atoms with Gasteiger partial charge in [0.2, 0.25) is 5.91 Å². The fourth-order valence-corrected chi connectivity index (χ4v) is 11.4. The molecule has 0 saturated heterocycles. The van der Waals surface area contributed by atoms with Gasteiger partial charge in [0.25, 0.3) is 7.82 Å². The standard InChI is InChI=1S/C67H135N2O6P/c1-6-8-10-12-14-16-18-20-22-24-26-27-28-29-30-31-32-33-34-35-36-37-38-39-40-41-42-43-45-47-49-51-53-55-57-59-61-67(71)68-65(64-75-76(72,73)74-63-62-69(3,4)5)66(70)60-58-56-54-52-50-48-46-44-25-23-21-19-17-15-13-11-9-7-2/h58,60,65-66,70H,6-57,59,61-64H2,1-5H3,(H-,68,71,72,73)/b60-58+. The molecule has 2 N–H and O–H groups in total. The first kappa shape index (κ1) is 75.2. The minimum Gasteiger partial charge on any atom is -0.756 e. The molecule has 0 aromatic heterocycles. The third-order valence-electron chi connectivity index (χ3n) is 16.0. The summed E-state index contributed by atoms with van der Waals surface area (Å²) in [7, 11) is 1.28. The van der Waals surface area contributed by atoms with E-state index in [2.05, 4.69) is 19.2 Å². The highest BCUT2D eigenvalue weighted by atomic mass is 31.2. The minimum absolute atomic E-state index is 0.00281. The Morgan fingerprint density at radius 1 is 0.447 bits per heavy atom. The number of hydrogen-bond donors (Lipinski definition) is 2. The molecule has 0 saturated carbocycles. The van der Waals surface area contributed by atoms with Crippen LogP contribution in [0, 0.1) is 0 Å². The molecule has 8 nitrogen and oxygen atoms in total. The molecule has 454 valence electrons. The Morgan fingerprint density at radius 3 is 0.987 bits per heavy atom. The number of hydrogen-bond acceptors (Lipinski definition) is 6. The molecular weight excluding hydrogens is 960 g/mol. The predicted molar refractivity (Wildman–Crippen MR) is 330 cm³/mol. The molecule has 0 spiro atoms. The van der Waals surface area contributed by atoms with E-state index in [1.807, 2.05) is 27.2 Å². The zero-order valence-corrected chi connectivity index (χ0v) is 52.9. The monoisotopic (exact) mass is 1100 g/mol. The fourth-order valence-electron chi connectivity index (χ4n) is 10.7. The molecule has 0 aromatic carbocycles. The van der Waals surface area contributed by atoms with Crippen LogP contribution < -0.4 is 10.2 Å². The average molecular weight is 1100 g/mol. The van der Waals surface area contributed by atoms with Crippen molar-refractivity contribution in [1.29, 1.82) is 0 Å². The minimum atomic E-state index is -4.60. The van der Waals surface area contributed by atoms with Gasteiger partial charge in [0.05, 0.1) is 39.9 Å². The Morgan fingerprint density at radius 2 is 0.711 bits per heavy atom. The molecule has 76 heavy (non-hydrogen) atoms. The zero-order chi connectivity index (χ0) is 55.6. The summed E-state index contributed by atoms with van der Waals surface area (Å²) >= 11 is 0. The Hall–Kier alpha value is -0.760. The van der Waals surface area contributed by atoms with Crippen LogP contribution in [0.1, 0.15) is 361 Å².